The fourth-order valence-corrected chi connectivity index (χ4v) is 3.60. The molecule has 0 bridgehead atoms. The monoisotopic (exact) mass is 477 g/mol. The first-order chi connectivity index (χ1) is 17.4. The largest absolute Gasteiger partial charge is 0.423 e. The number of hydrogen-bond donors (Lipinski definition) is 1. The van der Waals surface area contributed by atoms with Crippen LogP contribution in [0.25, 0.3) is 16.8 Å². The SMILES string of the molecule is Cc1ccc([N+](=O)[O-])cc1NC(=O)/C(C#N)=C/c1cccc(OC(=O)c2cccc3ccccc23)c1. The van der Waals surface area contributed by atoms with Gasteiger partial charge in [0.25, 0.3) is 11.6 Å². The summed E-state index contributed by atoms with van der Waals surface area (Å²) in [5.41, 5.74) is 1.30. The van der Waals surface area contributed by atoms with Gasteiger partial charge in [-0.2, -0.15) is 5.26 Å². The molecule has 0 atom stereocenters. The van der Waals surface area contributed by atoms with E-state index in [0.29, 0.717) is 16.7 Å². The number of carbonyl (C=O) groups excluding carboxylic acids is 2. The maximum atomic E-state index is 12.8. The average Bonchev–Trinajstić information content (AvgIpc) is 2.88. The molecule has 176 valence electrons. The number of non-ortho nitro benzene ring substituents is 1. The van der Waals surface area contributed by atoms with Gasteiger partial charge in [0.05, 0.1) is 16.2 Å². The third-order valence-corrected chi connectivity index (χ3v) is 5.43. The molecule has 1 amide bonds. The highest BCUT2D eigenvalue weighted by atomic mass is 16.6. The van der Waals surface area contributed by atoms with E-state index in [2.05, 4.69) is 5.32 Å². The molecular formula is C28H19N3O5. The smallest absolute Gasteiger partial charge is 0.344 e. The van der Waals surface area contributed by atoms with Crippen LogP contribution in [0.3, 0.4) is 0 Å². The van der Waals surface area contributed by atoms with Crippen LogP contribution in [-0.2, 0) is 4.79 Å². The number of benzene rings is 4. The fourth-order valence-electron chi connectivity index (χ4n) is 3.60. The summed E-state index contributed by atoms with van der Waals surface area (Å²) in [6.07, 6.45) is 1.34. The van der Waals surface area contributed by atoms with Crippen molar-refractivity contribution in [2.75, 3.05) is 5.32 Å². The first-order valence-corrected chi connectivity index (χ1v) is 10.8. The minimum absolute atomic E-state index is 0.181. The van der Waals surface area contributed by atoms with Crippen molar-refractivity contribution in [3.05, 3.63) is 117 Å². The zero-order chi connectivity index (χ0) is 25.7. The first kappa shape index (κ1) is 23.9. The van der Waals surface area contributed by atoms with Crippen molar-refractivity contribution in [1.29, 1.82) is 5.26 Å². The van der Waals surface area contributed by atoms with Crippen LogP contribution in [0.15, 0.2) is 90.5 Å². The Balaban J connectivity index is 1.55. The third-order valence-electron chi connectivity index (χ3n) is 5.43. The quantitative estimate of drug-likeness (QED) is 0.0932. The molecule has 0 aromatic heterocycles. The van der Waals surface area contributed by atoms with E-state index in [1.807, 2.05) is 36.4 Å². The van der Waals surface area contributed by atoms with Crippen LogP contribution in [0, 0.1) is 28.4 Å². The van der Waals surface area contributed by atoms with Gasteiger partial charge in [0.15, 0.2) is 0 Å². The highest BCUT2D eigenvalue weighted by Crippen LogP contribution is 2.24. The van der Waals surface area contributed by atoms with Crippen molar-refractivity contribution in [3.63, 3.8) is 0 Å². The number of nitro benzene ring substituents is 1. The number of hydrogen-bond acceptors (Lipinski definition) is 6. The van der Waals surface area contributed by atoms with E-state index in [4.69, 9.17) is 4.74 Å². The van der Waals surface area contributed by atoms with E-state index in [0.717, 1.165) is 10.8 Å². The molecule has 4 rings (SSSR count). The Morgan fingerprint density at radius 3 is 2.53 bits per heavy atom. The molecule has 8 heteroatoms. The molecule has 36 heavy (non-hydrogen) atoms. The summed E-state index contributed by atoms with van der Waals surface area (Å²) in [5, 5.41) is 24.8. The highest BCUT2D eigenvalue weighted by Gasteiger charge is 2.15. The van der Waals surface area contributed by atoms with Crippen LogP contribution < -0.4 is 10.1 Å². The maximum Gasteiger partial charge on any atom is 0.344 e. The number of nitro groups is 1. The van der Waals surface area contributed by atoms with Crippen LogP contribution in [0.4, 0.5) is 11.4 Å². The summed E-state index contributed by atoms with van der Waals surface area (Å²) >= 11 is 0. The second-order valence-corrected chi connectivity index (χ2v) is 7.87. The van der Waals surface area contributed by atoms with E-state index >= 15 is 0 Å². The zero-order valence-electron chi connectivity index (χ0n) is 19.1. The molecular weight excluding hydrogens is 458 g/mol. The summed E-state index contributed by atoms with van der Waals surface area (Å²) in [6, 6.07) is 25.2. The van der Waals surface area contributed by atoms with Gasteiger partial charge in [-0.25, -0.2) is 4.79 Å². The summed E-state index contributed by atoms with van der Waals surface area (Å²) in [4.78, 5) is 36.0. The van der Waals surface area contributed by atoms with Crippen molar-refractivity contribution in [3.8, 4) is 11.8 Å². The second kappa shape index (κ2) is 10.3. The number of nitriles is 1. The molecule has 1 N–H and O–H groups in total. The number of rotatable bonds is 6. The number of anilines is 1. The highest BCUT2D eigenvalue weighted by molar-refractivity contribution is 6.10. The molecule has 0 aliphatic carbocycles. The van der Waals surface area contributed by atoms with E-state index in [9.17, 15) is 25.0 Å². The number of aryl methyl sites for hydroxylation is 1. The number of nitrogens with one attached hydrogen (secondary N) is 1. The van der Waals surface area contributed by atoms with Gasteiger partial charge >= 0.3 is 5.97 Å². The van der Waals surface area contributed by atoms with Crippen molar-refractivity contribution < 1.29 is 19.2 Å². The lowest BCUT2D eigenvalue weighted by molar-refractivity contribution is -0.384. The van der Waals surface area contributed by atoms with Crippen LogP contribution in [0.2, 0.25) is 0 Å². The van der Waals surface area contributed by atoms with Crippen LogP contribution >= 0.6 is 0 Å². The summed E-state index contributed by atoms with van der Waals surface area (Å²) in [7, 11) is 0. The molecule has 0 fully saturated rings. The van der Waals surface area contributed by atoms with Crippen molar-refractivity contribution in [2.45, 2.75) is 6.92 Å². The lowest BCUT2D eigenvalue weighted by atomic mass is 10.0. The Morgan fingerprint density at radius 2 is 1.75 bits per heavy atom. The maximum absolute atomic E-state index is 12.8. The summed E-state index contributed by atoms with van der Waals surface area (Å²) in [5.74, 6) is -1.01. The van der Waals surface area contributed by atoms with Gasteiger partial charge in [0, 0.05) is 12.1 Å². The summed E-state index contributed by atoms with van der Waals surface area (Å²) < 4.78 is 5.56. The zero-order valence-corrected chi connectivity index (χ0v) is 19.1. The second-order valence-electron chi connectivity index (χ2n) is 7.87. The van der Waals surface area contributed by atoms with Gasteiger partial charge in [-0.15, -0.1) is 0 Å². The number of fused-ring (bicyclic) bond motifs is 1. The van der Waals surface area contributed by atoms with E-state index in [-0.39, 0.29) is 22.7 Å². The predicted octanol–water partition coefficient (Wildman–Crippen LogP) is 5.82. The number of ether oxygens (including phenoxy) is 1. The number of carbonyl (C=O) groups is 2. The number of amides is 1. The molecule has 0 unspecified atom stereocenters. The Bertz CT molecular complexity index is 1580. The lowest BCUT2D eigenvalue weighted by Crippen LogP contribution is -2.14. The molecule has 0 spiro atoms. The third kappa shape index (κ3) is 5.26. The van der Waals surface area contributed by atoms with Crippen LogP contribution in [0.1, 0.15) is 21.5 Å². The minimum atomic E-state index is -0.723. The molecule has 0 radical (unpaired) electrons. The predicted molar refractivity (Wildman–Crippen MR) is 135 cm³/mol. The van der Waals surface area contributed by atoms with Crippen molar-refractivity contribution >= 4 is 40.1 Å². The van der Waals surface area contributed by atoms with Crippen molar-refractivity contribution in [2.24, 2.45) is 0 Å². The van der Waals surface area contributed by atoms with E-state index in [1.54, 1.807) is 37.3 Å². The molecule has 0 saturated carbocycles. The Labute approximate surface area is 206 Å². The molecule has 0 saturated heterocycles. The number of esters is 1. The molecule has 8 nitrogen and oxygen atoms in total. The molecule has 0 heterocycles. The van der Waals surface area contributed by atoms with Crippen LogP contribution in [-0.4, -0.2) is 16.8 Å². The van der Waals surface area contributed by atoms with Gasteiger partial charge in [-0.1, -0.05) is 54.6 Å². The topological polar surface area (TPSA) is 122 Å². The minimum Gasteiger partial charge on any atom is -0.423 e. The van der Waals surface area contributed by atoms with Gasteiger partial charge in [-0.05, 0) is 53.1 Å². The average molecular weight is 477 g/mol. The molecule has 4 aromatic carbocycles. The Kier molecular flexibility index (Phi) is 6.84. The first-order valence-electron chi connectivity index (χ1n) is 10.8. The summed E-state index contributed by atoms with van der Waals surface area (Å²) in [6.45, 7) is 1.68. The Morgan fingerprint density at radius 1 is 1.00 bits per heavy atom. The van der Waals surface area contributed by atoms with Gasteiger partial charge in [-0.3, -0.25) is 14.9 Å². The normalized spacial score (nSPS) is 10.9. The molecule has 0 aliphatic heterocycles. The van der Waals surface area contributed by atoms with E-state index < -0.39 is 16.8 Å². The standard InChI is InChI=1S/C28H19N3O5/c1-18-12-13-22(31(34)35)16-26(18)30-27(32)21(17-29)14-19-6-4-9-23(15-19)36-28(33)25-11-5-8-20-7-2-3-10-24(20)25/h2-16H,1H3,(H,30,32)/b21-14+. The van der Waals surface area contributed by atoms with Crippen LogP contribution in [0.5, 0.6) is 5.75 Å². The van der Waals surface area contributed by atoms with Gasteiger partial charge in [0.2, 0.25) is 0 Å². The number of nitrogens with zero attached hydrogens (tertiary/aromatic N) is 2. The molecule has 4 aromatic rings. The van der Waals surface area contributed by atoms with E-state index in [1.165, 1.54) is 30.3 Å². The van der Waals surface area contributed by atoms with Gasteiger partial charge < -0.3 is 10.1 Å². The fraction of sp³-hybridized carbons (Fsp3) is 0.0357. The van der Waals surface area contributed by atoms with Crippen molar-refractivity contribution in [1.82, 2.24) is 0 Å². The Hall–Kier alpha value is -5.29. The molecule has 0 aliphatic rings. The van der Waals surface area contributed by atoms with Gasteiger partial charge in [0.1, 0.15) is 17.4 Å². The lowest BCUT2D eigenvalue weighted by Gasteiger charge is -2.09.